The van der Waals surface area contributed by atoms with Crippen LogP contribution in [0.5, 0.6) is 0 Å². The van der Waals surface area contributed by atoms with Crippen LogP contribution in [0.25, 0.3) is 0 Å². The predicted molar refractivity (Wildman–Crippen MR) is 82.1 cm³/mol. The zero-order valence-corrected chi connectivity index (χ0v) is 11.6. The van der Waals surface area contributed by atoms with Gasteiger partial charge in [0.05, 0.1) is 0 Å². The van der Waals surface area contributed by atoms with E-state index in [0.717, 1.165) is 18.7 Å². The Labute approximate surface area is 113 Å². The lowest BCUT2D eigenvalue weighted by molar-refractivity contribution is -0.116. The molecule has 0 heterocycles. The van der Waals surface area contributed by atoms with Crippen molar-refractivity contribution < 1.29 is 4.79 Å². The highest BCUT2D eigenvalue weighted by molar-refractivity contribution is 5.91. The zero-order chi connectivity index (χ0) is 13.1. The molecule has 0 saturated carbocycles. The first-order chi connectivity index (χ1) is 8.17. The smallest absolute Gasteiger partial charge is 0.223 e. The fraction of sp³-hybridized carbons (Fsp3) is 0.562. The van der Waals surface area contributed by atoms with Gasteiger partial charge in [-0.3, -0.25) is 4.79 Å². The highest BCUT2D eigenvalue weighted by Crippen LogP contribution is 2.13. The molecule has 0 spiro atoms. The van der Waals surface area contributed by atoms with E-state index < -0.39 is 0 Å². The number of hydrogen-bond acceptors (Lipinski definition) is 1. The zero-order valence-electron chi connectivity index (χ0n) is 11.6. The number of rotatable bonds is 4. The van der Waals surface area contributed by atoms with E-state index in [0.29, 0.717) is 0 Å². The molecule has 0 unspecified atom stereocenters. The van der Waals surface area contributed by atoms with E-state index in [4.69, 9.17) is 0 Å². The molecular formula is C16H29NO. The van der Waals surface area contributed by atoms with E-state index in [1.807, 2.05) is 30.3 Å². The molecule has 2 heteroatoms. The number of para-hydroxylation sites is 1. The standard InChI is InChI=1S/C11H15NO.C4H10.CH4/c1-3-9-12(10(2)13)11-7-5-4-6-8-11;1-3-4-2;/h4-8H,3,9H2,1-2H3;3-4H2,1-2H3;1H4. The predicted octanol–water partition coefficient (Wildman–Crippen LogP) is 4.89. The molecule has 0 saturated heterocycles. The summed E-state index contributed by atoms with van der Waals surface area (Å²) in [6, 6.07) is 9.75. The van der Waals surface area contributed by atoms with E-state index in [-0.39, 0.29) is 13.3 Å². The Hall–Kier alpha value is -1.31. The van der Waals surface area contributed by atoms with Crippen LogP contribution in [0.4, 0.5) is 5.69 Å². The lowest BCUT2D eigenvalue weighted by Gasteiger charge is -2.19. The first-order valence-electron chi connectivity index (χ1n) is 6.50. The van der Waals surface area contributed by atoms with Crippen LogP contribution in [-0.4, -0.2) is 12.5 Å². The second-order valence-corrected chi connectivity index (χ2v) is 4.01. The molecule has 1 rings (SSSR count). The van der Waals surface area contributed by atoms with Crippen molar-refractivity contribution in [2.75, 3.05) is 11.4 Å². The summed E-state index contributed by atoms with van der Waals surface area (Å²) in [5, 5.41) is 0. The molecule has 0 radical (unpaired) electrons. The number of unbranched alkanes of at least 4 members (excludes halogenated alkanes) is 1. The normalized spacial score (nSPS) is 8.67. The Morgan fingerprint density at radius 2 is 1.50 bits per heavy atom. The van der Waals surface area contributed by atoms with Gasteiger partial charge in [-0.25, -0.2) is 0 Å². The Bertz CT molecular complexity index is 293. The van der Waals surface area contributed by atoms with Gasteiger partial charge in [0, 0.05) is 19.2 Å². The van der Waals surface area contributed by atoms with E-state index in [2.05, 4.69) is 20.8 Å². The minimum absolute atomic E-state index is 0. The van der Waals surface area contributed by atoms with E-state index >= 15 is 0 Å². The molecule has 0 atom stereocenters. The fourth-order valence-corrected chi connectivity index (χ4v) is 1.30. The number of carbonyl (C=O) groups excluding carboxylic acids is 1. The Balaban J connectivity index is 0. The summed E-state index contributed by atoms with van der Waals surface area (Å²) in [5.74, 6) is 0.105. The van der Waals surface area contributed by atoms with Gasteiger partial charge in [-0.05, 0) is 18.6 Å². The molecule has 0 fully saturated rings. The summed E-state index contributed by atoms with van der Waals surface area (Å²) in [6.45, 7) is 8.82. The highest BCUT2D eigenvalue weighted by atomic mass is 16.2. The SMILES string of the molecule is C.CCCC.CCCN(C(C)=O)c1ccccc1. The molecule has 0 bridgehead atoms. The molecule has 2 nitrogen and oxygen atoms in total. The van der Waals surface area contributed by atoms with E-state index in [1.54, 1.807) is 11.8 Å². The quantitative estimate of drug-likeness (QED) is 0.746. The van der Waals surface area contributed by atoms with Gasteiger partial charge in [-0.2, -0.15) is 0 Å². The van der Waals surface area contributed by atoms with Crippen LogP contribution in [0, 0.1) is 0 Å². The lowest BCUT2D eigenvalue weighted by Crippen LogP contribution is -2.28. The van der Waals surface area contributed by atoms with Gasteiger partial charge in [-0.15, -0.1) is 0 Å². The van der Waals surface area contributed by atoms with Gasteiger partial charge in [0.15, 0.2) is 0 Å². The van der Waals surface area contributed by atoms with Crippen molar-refractivity contribution in [1.82, 2.24) is 0 Å². The summed E-state index contributed by atoms with van der Waals surface area (Å²) in [7, 11) is 0. The van der Waals surface area contributed by atoms with Crippen molar-refractivity contribution >= 4 is 11.6 Å². The highest BCUT2D eigenvalue weighted by Gasteiger charge is 2.08. The van der Waals surface area contributed by atoms with E-state index in [9.17, 15) is 4.79 Å². The monoisotopic (exact) mass is 251 g/mol. The van der Waals surface area contributed by atoms with Crippen LogP contribution >= 0.6 is 0 Å². The number of amides is 1. The summed E-state index contributed by atoms with van der Waals surface area (Å²) >= 11 is 0. The van der Waals surface area contributed by atoms with E-state index in [1.165, 1.54) is 12.8 Å². The topological polar surface area (TPSA) is 20.3 Å². The van der Waals surface area contributed by atoms with Crippen molar-refractivity contribution in [1.29, 1.82) is 0 Å². The van der Waals surface area contributed by atoms with Gasteiger partial charge < -0.3 is 4.90 Å². The van der Waals surface area contributed by atoms with Crippen LogP contribution in [0.1, 0.15) is 54.4 Å². The minimum Gasteiger partial charge on any atom is -0.313 e. The van der Waals surface area contributed by atoms with Crippen molar-refractivity contribution in [3.8, 4) is 0 Å². The summed E-state index contributed by atoms with van der Waals surface area (Å²) < 4.78 is 0. The maximum atomic E-state index is 11.3. The van der Waals surface area contributed by atoms with Crippen LogP contribution in [0.15, 0.2) is 30.3 Å². The second-order valence-electron chi connectivity index (χ2n) is 4.01. The van der Waals surface area contributed by atoms with Crippen molar-refractivity contribution in [3.63, 3.8) is 0 Å². The fourth-order valence-electron chi connectivity index (χ4n) is 1.30. The molecule has 0 aliphatic rings. The summed E-state index contributed by atoms with van der Waals surface area (Å²) in [5.41, 5.74) is 0.983. The Kier molecular flexibility index (Phi) is 12.9. The molecule has 0 aromatic heterocycles. The lowest BCUT2D eigenvalue weighted by atomic mass is 10.2. The molecule has 0 aliphatic heterocycles. The Morgan fingerprint density at radius 1 is 1.00 bits per heavy atom. The van der Waals surface area contributed by atoms with Gasteiger partial charge in [-0.1, -0.05) is 59.2 Å². The van der Waals surface area contributed by atoms with Gasteiger partial charge in [0.25, 0.3) is 0 Å². The molecule has 1 amide bonds. The Morgan fingerprint density at radius 3 is 1.83 bits per heavy atom. The van der Waals surface area contributed by atoms with Crippen molar-refractivity contribution in [2.24, 2.45) is 0 Å². The second kappa shape index (κ2) is 12.2. The summed E-state index contributed by atoms with van der Waals surface area (Å²) in [6.07, 6.45) is 3.62. The number of carbonyl (C=O) groups is 1. The van der Waals surface area contributed by atoms with Crippen molar-refractivity contribution in [2.45, 2.75) is 54.4 Å². The molecule has 18 heavy (non-hydrogen) atoms. The number of benzene rings is 1. The van der Waals surface area contributed by atoms with Crippen LogP contribution < -0.4 is 4.90 Å². The van der Waals surface area contributed by atoms with Gasteiger partial charge in [0.1, 0.15) is 0 Å². The maximum absolute atomic E-state index is 11.3. The third-order valence-corrected chi connectivity index (χ3v) is 2.40. The largest absolute Gasteiger partial charge is 0.313 e. The summed E-state index contributed by atoms with van der Waals surface area (Å²) in [4.78, 5) is 13.1. The van der Waals surface area contributed by atoms with Crippen molar-refractivity contribution in [3.05, 3.63) is 30.3 Å². The molecule has 104 valence electrons. The number of nitrogens with zero attached hydrogens (tertiary/aromatic N) is 1. The van der Waals surface area contributed by atoms with Crippen LogP contribution in [0.2, 0.25) is 0 Å². The average molecular weight is 251 g/mol. The minimum atomic E-state index is 0. The molecule has 1 aromatic carbocycles. The maximum Gasteiger partial charge on any atom is 0.223 e. The first-order valence-corrected chi connectivity index (χ1v) is 6.50. The van der Waals surface area contributed by atoms with Crippen LogP contribution in [-0.2, 0) is 4.79 Å². The number of anilines is 1. The van der Waals surface area contributed by atoms with Crippen LogP contribution in [0.3, 0.4) is 0 Å². The van der Waals surface area contributed by atoms with Gasteiger partial charge >= 0.3 is 0 Å². The molecule has 0 N–H and O–H groups in total. The third kappa shape index (κ3) is 7.88. The third-order valence-electron chi connectivity index (χ3n) is 2.40. The number of hydrogen-bond donors (Lipinski definition) is 0. The molecule has 0 aliphatic carbocycles. The molecular weight excluding hydrogens is 222 g/mol. The average Bonchev–Trinajstić information content (AvgIpc) is 2.37. The molecule has 1 aromatic rings. The van der Waals surface area contributed by atoms with Gasteiger partial charge in [0.2, 0.25) is 5.91 Å². The first kappa shape index (κ1) is 19.0.